The molecule has 0 radical (unpaired) electrons. The topological polar surface area (TPSA) is 78.5 Å². The van der Waals surface area contributed by atoms with E-state index in [0.717, 1.165) is 5.56 Å². The highest BCUT2D eigenvalue weighted by Crippen LogP contribution is 2.24. The van der Waals surface area contributed by atoms with E-state index in [9.17, 15) is 14.7 Å². The fourth-order valence-electron chi connectivity index (χ4n) is 3.00. The van der Waals surface area contributed by atoms with Crippen LogP contribution in [0.4, 0.5) is 0 Å². The number of carbonyl (C=O) groups is 2. The third-order valence-electron chi connectivity index (χ3n) is 4.27. The molecule has 144 valence electrons. The summed E-state index contributed by atoms with van der Waals surface area (Å²) in [5, 5.41) is 14.1. The molecule has 2 rings (SSSR count). The molecule has 2 atom stereocenters. The summed E-state index contributed by atoms with van der Waals surface area (Å²) in [6.07, 6.45) is 0.377. The molecule has 0 spiro atoms. The van der Waals surface area contributed by atoms with Crippen LogP contribution in [0.2, 0.25) is 0 Å². The monoisotopic (exact) mass is 368 g/mol. The second-order valence-corrected chi connectivity index (χ2v) is 6.74. The van der Waals surface area contributed by atoms with Gasteiger partial charge in [-0.2, -0.15) is 0 Å². The van der Waals surface area contributed by atoms with Gasteiger partial charge < -0.3 is 20.0 Å². The van der Waals surface area contributed by atoms with Crippen LogP contribution in [0.15, 0.2) is 54.6 Å². The maximum Gasteiger partial charge on any atom is 0.228 e. The third-order valence-corrected chi connectivity index (χ3v) is 4.27. The van der Waals surface area contributed by atoms with Crippen LogP contribution in [0.1, 0.15) is 56.7 Å². The maximum absolute atomic E-state index is 12.8. The van der Waals surface area contributed by atoms with Gasteiger partial charge in [-0.25, -0.2) is 0 Å². The number of benzene rings is 2. The first-order chi connectivity index (χ1) is 12.9. The van der Waals surface area contributed by atoms with Crippen molar-refractivity contribution >= 4 is 11.9 Å². The average Bonchev–Trinajstić information content (AvgIpc) is 2.62. The van der Waals surface area contributed by atoms with E-state index in [1.165, 1.54) is 0 Å². The van der Waals surface area contributed by atoms with E-state index in [2.05, 4.69) is 5.32 Å². The minimum Gasteiger partial charge on any atom is -0.550 e. The van der Waals surface area contributed by atoms with Crippen molar-refractivity contribution in [2.75, 3.05) is 0 Å². The van der Waals surface area contributed by atoms with Crippen LogP contribution in [0.5, 0.6) is 5.75 Å². The Bertz CT molecular complexity index is 741. The lowest BCUT2D eigenvalue weighted by atomic mass is 9.94. The van der Waals surface area contributed by atoms with E-state index in [1.807, 2.05) is 51.1 Å². The molecule has 0 unspecified atom stereocenters. The zero-order valence-corrected chi connectivity index (χ0v) is 16.0. The Morgan fingerprint density at radius 1 is 1.00 bits per heavy atom. The highest BCUT2D eigenvalue weighted by Gasteiger charge is 2.22. The standard InChI is InChI=1S/C22H27NO4/c1-4-19(16-8-6-5-7-9-16)22(26)23-20(14-21(24)25)17-10-12-18(13-11-17)27-15(2)3/h5-13,15,19-20H,4,14H2,1-3H3,(H,23,26)(H,24,25)/p-1/t19-,20-/m1/s1. The second kappa shape index (κ2) is 9.76. The van der Waals surface area contributed by atoms with Crippen molar-refractivity contribution in [3.05, 3.63) is 65.7 Å². The molecule has 0 saturated heterocycles. The summed E-state index contributed by atoms with van der Waals surface area (Å²) in [7, 11) is 0. The highest BCUT2D eigenvalue weighted by molar-refractivity contribution is 5.84. The molecule has 1 amide bonds. The fraction of sp³-hybridized carbons (Fsp3) is 0.364. The van der Waals surface area contributed by atoms with Gasteiger partial charge in [-0.05, 0) is 43.5 Å². The van der Waals surface area contributed by atoms with Gasteiger partial charge in [0.1, 0.15) is 5.75 Å². The zero-order valence-electron chi connectivity index (χ0n) is 16.0. The molecular weight excluding hydrogens is 342 g/mol. The summed E-state index contributed by atoms with van der Waals surface area (Å²) in [5.41, 5.74) is 1.61. The van der Waals surface area contributed by atoms with E-state index >= 15 is 0 Å². The Morgan fingerprint density at radius 3 is 2.15 bits per heavy atom. The summed E-state index contributed by atoms with van der Waals surface area (Å²) in [5.74, 6) is -1.05. The Hall–Kier alpha value is -2.82. The molecule has 27 heavy (non-hydrogen) atoms. The normalized spacial score (nSPS) is 13.0. The van der Waals surface area contributed by atoms with Gasteiger partial charge in [-0.3, -0.25) is 4.79 Å². The summed E-state index contributed by atoms with van der Waals surface area (Å²) >= 11 is 0. The fourth-order valence-corrected chi connectivity index (χ4v) is 3.00. The first-order valence-corrected chi connectivity index (χ1v) is 9.22. The molecule has 5 heteroatoms. The molecule has 5 nitrogen and oxygen atoms in total. The van der Waals surface area contributed by atoms with Crippen LogP contribution in [-0.2, 0) is 9.59 Å². The van der Waals surface area contributed by atoms with Gasteiger partial charge in [0.05, 0.1) is 18.1 Å². The van der Waals surface area contributed by atoms with Crippen LogP contribution in [-0.4, -0.2) is 18.0 Å². The number of hydrogen-bond acceptors (Lipinski definition) is 4. The van der Waals surface area contributed by atoms with Crippen molar-refractivity contribution in [1.29, 1.82) is 0 Å². The van der Waals surface area contributed by atoms with Gasteiger partial charge in [0.25, 0.3) is 0 Å². The minimum absolute atomic E-state index is 0.0470. The van der Waals surface area contributed by atoms with E-state index in [1.54, 1.807) is 24.3 Å². The molecule has 0 heterocycles. The number of carboxylic acids is 1. The Kier molecular flexibility index (Phi) is 7.41. The van der Waals surface area contributed by atoms with E-state index in [0.29, 0.717) is 17.7 Å². The van der Waals surface area contributed by atoms with Crippen LogP contribution in [0.3, 0.4) is 0 Å². The van der Waals surface area contributed by atoms with Crippen molar-refractivity contribution in [3.63, 3.8) is 0 Å². The Balaban J connectivity index is 2.18. The van der Waals surface area contributed by atoms with E-state index < -0.39 is 12.0 Å². The molecule has 0 fully saturated rings. The molecule has 0 aliphatic heterocycles. The van der Waals surface area contributed by atoms with Gasteiger partial charge in [0.15, 0.2) is 0 Å². The number of rotatable bonds is 9. The molecular formula is C22H26NO4-. The first kappa shape index (κ1) is 20.5. The number of carboxylic acid groups (broad SMARTS) is 1. The minimum atomic E-state index is -1.21. The number of ether oxygens (including phenoxy) is 1. The highest BCUT2D eigenvalue weighted by atomic mass is 16.5. The third kappa shape index (κ3) is 6.13. The van der Waals surface area contributed by atoms with Crippen LogP contribution < -0.4 is 15.2 Å². The van der Waals surface area contributed by atoms with Crippen molar-refractivity contribution in [1.82, 2.24) is 5.32 Å². The quantitative estimate of drug-likeness (QED) is 0.738. The van der Waals surface area contributed by atoms with Crippen LogP contribution >= 0.6 is 0 Å². The zero-order chi connectivity index (χ0) is 19.8. The number of amides is 1. The molecule has 0 aliphatic rings. The molecule has 1 N–H and O–H groups in total. The Labute approximate surface area is 160 Å². The van der Waals surface area contributed by atoms with Gasteiger partial charge in [-0.15, -0.1) is 0 Å². The summed E-state index contributed by atoms with van der Waals surface area (Å²) in [6.45, 7) is 5.80. The largest absolute Gasteiger partial charge is 0.550 e. The van der Waals surface area contributed by atoms with Crippen molar-refractivity contribution < 1.29 is 19.4 Å². The first-order valence-electron chi connectivity index (χ1n) is 9.22. The van der Waals surface area contributed by atoms with Gasteiger partial charge >= 0.3 is 0 Å². The van der Waals surface area contributed by atoms with Crippen LogP contribution in [0.25, 0.3) is 0 Å². The van der Waals surface area contributed by atoms with Crippen molar-refractivity contribution in [2.45, 2.75) is 51.7 Å². The molecule has 0 aromatic heterocycles. The number of hydrogen-bond donors (Lipinski definition) is 1. The molecule has 0 aliphatic carbocycles. The lowest BCUT2D eigenvalue weighted by Crippen LogP contribution is -2.36. The number of carbonyl (C=O) groups excluding carboxylic acids is 2. The maximum atomic E-state index is 12.8. The lowest BCUT2D eigenvalue weighted by molar-refractivity contribution is -0.306. The predicted octanol–water partition coefficient (Wildman–Crippen LogP) is 2.96. The summed E-state index contributed by atoms with van der Waals surface area (Å²) in [6, 6.07) is 15.9. The van der Waals surface area contributed by atoms with Gasteiger partial charge in [0, 0.05) is 12.4 Å². The molecule has 2 aromatic rings. The van der Waals surface area contributed by atoms with Gasteiger partial charge in [0.2, 0.25) is 5.91 Å². The Morgan fingerprint density at radius 2 is 1.63 bits per heavy atom. The van der Waals surface area contributed by atoms with Crippen molar-refractivity contribution in [3.8, 4) is 5.75 Å². The second-order valence-electron chi connectivity index (χ2n) is 6.74. The van der Waals surface area contributed by atoms with Gasteiger partial charge in [-0.1, -0.05) is 49.4 Å². The van der Waals surface area contributed by atoms with E-state index in [4.69, 9.17) is 4.74 Å². The summed E-state index contributed by atoms with van der Waals surface area (Å²) < 4.78 is 5.61. The molecule has 0 bridgehead atoms. The lowest BCUT2D eigenvalue weighted by Gasteiger charge is -2.23. The predicted molar refractivity (Wildman–Crippen MR) is 102 cm³/mol. The molecule has 0 saturated carbocycles. The average molecular weight is 368 g/mol. The van der Waals surface area contributed by atoms with E-state index in [-0.39, 0.29) is 24.3 Å². The van der Waals surface area contributed by atoms with Crippen LogP contribution in [0, 0.1) is 0 Å². The SMILES string of the molecule is CC[C@@H](C(=O)N[C@H](CC(=O)[O-])c1ccc(OC(C)C)cc1)c1ccccc1. The smallest absolute Gasteiger partial charge is 0.228 e. The summed E-state index contributed by atoms with van der Waals surface area (Å²) in [4.78, 5) is 24.0. The van der Waals surface area contributed by atoms with Crippen molar-refractivity contribution in [2.24, 2.45) is 0 Å². The number of nitrogens with one attached hydrogen (secondary N) is 1. The number of aliphatic carboxylic acids is 1. The molecule has 2 aromatic carbocycles.